The molecule has 2 rings (SSSR count). The van der Waals surface area contributed by atoms with Crippen LogP contribution in [-0.2, 0) is 4.74 Å². The quantitative estimate of drug-likeness (QED) is 0.741. The van der Waals surface area contributed by atoms with Crippen LogP contribution in [0.4, 0.5) is 0 Å². The van der Waals surface area contributed by atoms with Crippen molar-refractivity contribution in [3.8, 4) is 0 Å². The van der Waals surface area contributed by atoms with Gasteiger partial charge in [0.2, 0.25) is 0 Å². The van der Waals surface area contributed by atoms with E-state index in [9.17, 15) is 4.79 Å². The number of fused-ring (bicyclic) bond motifs is 1. The summed E-state index contributed by atoms with van der Waals surface area (Å²) in [5.74, 6) is -0.377. The van der Waals surface area contributed by atoms with Crippen molar-refractivity contribution in [2.75, 3.05) is 6.61 Å². The van der Waals surface area contributed by atoms with Crippen molar-refractivity contribution in [3.05, 3.63) is 47.0 Å². The summed E-state index contributed by atoms with van der Waals surface area (Å²) in [6.45, 7) is 2.12. The topological polar surface area (TPSA) is 26.3 Å². The van der Waals surface area contributed by atoms with Crippen LogP contribution >= 0.6 is 11.6 Å². The van der Waals surface area contributed by atoms with Gasteiger partial charge in [-0.05, 0) is 29.8 Å². The molecule has 3 heteroatoms. The molecule has 0 heterocycles. The van der Waals surface area contributed by atoms with Crippen LogP contribution in [0.3, 0.4) is 0 Å². The first-order valence-corrected chi connectivity index (χ1v) is 5.45. The Kier molecular flexibility index (Phi) is 3.11. The molecule has 0 saturated carbocycles. The van der Waals surface area contributed by atoms with Crippen LogP contribution < -0.4 is 0 Å². The molecule has 2 aromatic carbocycles. The van der Waals surface area contributed by atoms with Crippen molar-refractivity contribution in [2.24, 2.45) is 0 Å². The van der Waals surface area contributed by atoms with E-state index < -0.39 is 0 Å². The van der Waals surface area contributed by atoms with Gasteiger partial charge in [-0.2, -0.15) is 0 Å². The Morgan fingerprint density at radius 2 is 1.88 bits per heavy atom. The number of ether oxygens (including phenoxy) is 1. The monoisotopic (exact) mass is 234 g/mol. The summed E-state index contributed by atoms with van der Waals surface area (Å²) in [7, 11) is 0. The van der Waals surface area contributed by atoms with Gasteiger partial charge in [0.25, 0.3) is 0 Å². The summed E-state index contributed by atoms with van der Waals surface area (Å²) >= 11 is 6.03. The second-order valence-corrected chi connectivity index (χ2v) is 3.81. The average Bonchev–Trinajstić information content (AvgIpc) is 2.28. The lowest BCUT2D eigenvalue weighted by Gasteiger charge is -2.06. The van der Waals surface area contributed by atoms with Crippen LogP contribution in [0.1, 0.15) is 17.3 Å². The van der Waals surface area contributed by atoms with Gasteiger partial charge in [0.05, 0.1) is 17.2 Å². The molecule has 0 N–H and O–H groups in total. The van der Waals surface area contributed by atoms with E-state index >= 15 is 0 Å². The molecule has 0 fully saturated rings. The van der Waals surface area contributed by atoms with Gasteiger partial charge in [0.1, 0.15) is 0 Å². The van der Waals surface area contributed by atoms with E-state index in [1.165, 1.54) is 0 Å². The van der Waals surface area contributed by atoms with Crippen LogP contribution in [0, 0.1) is 0 Å². The lowest BCUT2D eigenvalue weighted by atomic mass is 10.1. The predicted octanol–water partition coefficient (Wildman–Crippen LogP) is 3.67. The second-order valence-electron chi connectivity index (χ2n) is 3.40. The van der Waals surface area contributed by atoms with Gasteiger partial charge < -0.3 is 4.74 Å². The van der Waals surface area contributed by atoms with Crippen LogP contribution in [-0.4, -0.2) is 12.6 Å². The third kappa shape index (κ3) is 2.02. The van der Waals surface area contributed by atoms with E-state index in [-0.39, 0.29) is 5.97 Å². The molecule has 0 aliphatic carbocycles. The Balaban J connectivity index is 2.54. The minimum absolute atomic E-state index is 0.349. The molecule has 0 radical (unpaired) electrons. The Morgan fingerprint density at radius 3 is 2.50 bits per heavy atom. The van der Waals surface area contributed by atoms with Crippen molar-refractivity contribution in [1.82, 2.24) is 0 Å². The largest absolute Gasteiger partial charge is 0.462 e. The van der Waals surface area contributed by atoms with E-state index in [0.717, 1.165) is 10.8 Å². The number of halogens is 1. The SMILES string of the molecule is CCOC(=O)c1cc2ccccc2cc1Cl. The Labute approximate surface area is 98.8 Å². The maximum atomic E-state index is 11.6. The summed E-state index contributed by atoms with van der Waals surface area (Å²) in [5, 5.41) is 2.42. The van der Waals surface area contributed by atoms with Gasteiger partial charge in [-0.25, -0.2) is 4.79 Å². The van der Waals surface area contributed by atoms with Crippen LogP contribution in [0.15, 0.2) is 36.4 Å². The Hall–Kier alpha value is -1.54. The molecule has 16 heavy (non-hydrogen) atoms. The van der Waals surface area contributed by atoms with Crippen molar-refractivity contribution in [1.29, 1.82) is 0 Å². The molecule has 0 saturated heterocycles. The number of esters is 1. The van der Waals surface area contributed by atoms with Gasteiger partial charge in [0, 0.05) is 0 Å². The molecule has 2 aromatic rings. The van der Waals surface area contributed by atoms with Crippen molar-refractivity contribution < 1.29 is 9.53 Å². The maximum absolute atomic E-state index is 11.6. The fourth-order valence-electron chi connectivity index (χ4n) is 1.58. The summed E-state index contributed by atoms with van der Waals surface area (Å²) in [5.41, 5.74) is 0.419. The molecular formula is C13H11ClO2. The first-order valence-electron chi connectivity index (χ1n) is 5.08. The predicted molar refractivity (Wildman–Crippen MR) is 64.9 cm³/mol. The number of benzene rings is 2. The lowest BCUT2D eigenvalue weighted by molar-refractivity contribution is 0.0527. The summed E-state index contributed by atoms with van der Waals surface area (Å²) in [4.78, 5) is 11.6. The number of carbonyl (C=O) groups is 1. The van der Waals surface area contributed by atoms with E-state index in [4.69, 9.17) is 16.3 Å². The highest BCUT2D eigenvalue weighted by molar-refractivity contribution is 6.34. The molecular weight excluding hydrogens is 224 g/mol. The number of rotatable bonds is 2. The zero-order chi connectivity index (χ0) is 11.5. The van der Waals surface area contributed by atoms with E-state index in [0.29, 0.717) is 17.2 Å². The van der Waals surface area contributed by atoms with Crippen molar-refractivity contribution >= 4 is 28.3 Å². The molecule has 0 aliphatic heterocycles. The Morgan fingerprint density at radius 1 is 1.25 bits per heavy atom. The minimum Gasteiger partial charge on any atom is -0.462 e. The summed E-state index contributed by atoms with van der Waals surface area (Å²) in [6, 6.07) is 11.3. The number of hydrogen-bond acceptors (Lipinski definition) is 2. The van der Waals surface area contributed by atoms with Gasteiger partial charge in [-0.1, -0.05) is 35.9 Å². The van der Waals surface area contributed by atoms with Crippen LogP contribution in [0.5, 0.6) is 0 Å². The fourth-order valence-corrected chi connectivity index (χ4v) is 1.83. The molecule has 2 nitrogen and oxygen atoms in total. The van der Waals surface area contributed by atoms with Gasteiger partial charge >= 0.3 is 5.97 Å². The highest BCUT2D eigenvalue weighted by atomic mass is 35.5. The number of carbonyl (C=O) groups excluding carboxylic acids is 1. The first kappa shape index (κ1) is 11.0. The van der Waals surface area contributed by atoms with Crippen molar-refractivity contribution in [2.45, 2.75) is 6.92 Å². The van der Waals surface area contributed by atoms with Gasteiger partial charge in [-0.3, -0.25) is 0 Å². The van der Waals surface area contributed by atoms with Gasteiger partial charge in [-0.15, -0.1) is 0 Å². The fraction of sp³-hybridized carbons (Fsp3) is 0.154. The molecule has 0 unspecified atom stereocenters. The van der Waals surface area contributed by atoms with Crippen LogP contribution in [0.2, 0.25) is 5.02 Å². The van der Waals surface area contributed by atoms with E-state index in [1.807, 2.05) is 24.3 Å². The zero-order valence-electron chi connectivity index (χ0n) is 8.87. The molecule has 0 aromatic heterocycles. The van der Waals surface area contributed by atoms with E-state index in [2.05, 4.69) is 0 Å². The highest BCUT2D eigenvalue weighted by Gasteiger charge is 2.12. The Bertz CT molecular complexity index is 534. The first-order chi connectivity index (χ1) is 7.72. The highest BCUT2D eigenvalue weighted by Crippen LogP contribution is 2.24. The van der Waals surface area contributed by atoms with Crippen LogP contribution in [0.25, 0.3) is 10.8 Å². The lowest BCUT2D eigenvalue weighted by Crippen LogP contribution is -2.05. The molecule has 0 spiro atoms. The third-order valence-electron chi connectivity index (χ3n) is 2.33. The molecule has 82 valence electrons. The maximum Gasteiger partial charge on any atom is 0.339 e. The normalized spacial score (nSPS) is 10.4. The average molecular weight is 235 g/mol. The summed E-state index contributed by atoms with van der Waals surface area (Å²) < 4.78 is 4.93. The smallest absolute Gasteiger partial charge is 0.339 e. The summed E-state index contributed by atoms with van der Waals surface area (Å²) in [6.07, 6.45) is 0. The standard InChI is InChI=1S/C13H11ClO2/c1-2-16-13(15)11-7-9-5-3-4-6-10(9)8-12(11)14/h3-8H,2H2,1H3. The number of hydrogen-bond donors (Lipinski definition) is 0. The second kappa shape index (κ2) is 4.54. The zero-order valence-corrected chi connectivity index (χ0v) is 9.62. The minimum atomic E-state index is -0.377. The van der Waals surface area contributed by atoms with E-state index in [1.54, 1.807) is 19.1 Å². The van der Waals surface area contributed by atoms with Gasteiger partial charge in [0.15, 0.2) is 0 Å². The molecule has 0 bridgehead atoms. The van der Waals surface area contributed by atoms with Crippen molar-refractivity contribution in [3.63, 3.8) is 0 Å². The molecule has 0 aliphatic rings. The third-order valence-corrected chi connectivity index (χ3v) is 2.64. The molecule has 0 atom stereocenters. The molecule has 0 amide bonds.